The van der Waals surface area contributed by atoms with Gasteiger partial charge in [-0.1, -0.05) is 29.8 Å². The lowest BCUT2D eigenvalue weighted by atomic mass is 10.3. The average Bonchev–Trinajstić information content (AvgIpc) is 2.89. The molecule has 0 saturated heterocycles. The summed E-state index contributed by atoms with van der Waals surface area (Å²) in [6, 6.07) is 14.8. The number of halogens is 1. The molecule has 0 saturated carbocycles. The van der Waals surface area contributed by atoms with Crippen LogP contribution in [0.15, 0.2) is 48.5 Å². The second kappa shape index (κ2) is 6.93. The van der Waals surface area contributed by atoms with Crippen LogP contribution in [0.1, 0.15) is 12.7 Å². The van der Waals surface area contributed by atoms with Crippen LogP contribution >= 0.6 is 11.6 Å². The first-order valence-electron chi connectivity index (χ1n) is 7.65. The maximum atomic E-state index is 12.2. The Balaban J connectivity index is 1.63. The van der Waals surface area contributed by atoms with Crippen LogP contribution in [0, 0.1) is 0 Å². The van der Waals surface area contributed by atoms with Crippen LogP contribution in [0.5, 0.6) is 5.75 Å². The Morgan fingerprint density at radius 3 is 2.83 bits per heavy atom. The fourth-order valence-electron chi connectivity index (χ4n) is 2.46. The standard InChI is InChI=1S/C18H18ClN3O2/c1-12(24-14-7-5-6-13(19)10-14)18(23)20-11-17-21-15-8-3-4-9-16(15)22(17)2/h3-10,12H,11H2,1-2H3,(H,20,23). The van der Waals surface area contributed by atoms with Crippen LogP contribution in [-0.2, 0) is 18.4 Å². The van der Waals surface area contributed by atoms with E-state index >= 15 is 0 Å². The van der Waals surface area contributed by atoms with Crippen LogP contribution in [-0.4, -0.2) is 21.6 Å². The smallest absolute Gasteiger partial charge is 0.261 e. The number of imidazole rings is 1. The van der Waals surface area contributed by atoms with E-state index in [9.17, 15) is 4.79 Å². The maximum absolute atomic E-state index is 12.2. The molecule has 24 heavy (non-hydrogen) atoms. The van der Waals surface area contributed by atoms with Gasteiger partial charge in [0.05, 0.1) is 17.6 Å². The maximum Gasteiger partial charge on any atom is 0.261 e. The second-order valence-corrected chi connectivity index (χ2v) is 5.95. The van der Waals surface area contributed by atoms with Gasteiger partial charge in [0.2, 0.25) is 0 Å². The molecule has 0 radical (unpaired) electrons. The molecule has 3 rings (SSSR count). The fraction of sp³-hybridized carbons (Fsp3) is 0.222. The molecule has 5 nitrogen and oxygen atoms in total. The van der Waals surface area contributed by atoms with Crippen molar-refractivity contribution in [3.63, 3.8) is 0 Å². The van der Waals surface area contributed by atoms with Crippen molar-refractivity contribution >= 4 is 28.5 Å². The van der Waals surface area contributed by atoms with Gasteiger partial charge in [-0.2, -0.15) is 0 Å². The molecule has 0 bridgehead atoms. The molecule has 0 aliphatic heterocycles. The normalized spacial score (nSPS) is 12.1. The lowest BCUT2D eigenvalue weighted by Gasteiger charge is -2.14. The molecule has 1 amide bonds. The molecule has 1 unspecified atom stereocenters. The minimum atomic E-state index is -0.627. The summed E-state index contributed by atoms with van der Waals surface area (Å²) in [6.07, 6.45) is -0.627. The van der Waals surface area contributed by atoms with Crippen LogP contribution in [0.4, 0.5) is 0 Å². The number of hydrogen-bond donors (Lipinski definition) is 1. The number of aryl methyl sites for hydroxylation is 1. The van der Waals surface area contributed by atoms with E-state index < -0.39 is 6.10 Å². The van der Waals surface area contributed by atoms with E-state index in [0.717, 1.165) is 16.9 Å². The van der Waals surface area contributed by atoms with Crippen LogP contribution in [0.3, 0.4) is 0 Å². The van der Waals surface area contributed by atoms with Gasteiger partial charge >= 0.3 is 0 Å². The van der Waals surface area contributed by atoms with Crippen molar-refractivity contribution in [2.45, 2.75) is 19.6 Å². The van der Waals surface area contributed by atoms with E-state index in [1.807, 2.05) is 35.9 Å². The summed E-state index contributed by atoms with van der Waals surface area (Å²) in [5.41, 5.74) is 1.94. The van der Waals surface area contributed by atoms with Crippen molar-refractivity contribution in [3.8, 4) is 5.75 Å². The van der Waals surface area contributed by atoms with Gasteiger partial charge in [0.15, 0.2) is 6.10 Å². The van der Waals surface area contributed by atoms with E-state index in [0.29, 0.717) is 17.3 Å². The summed E-state index contributed by atoms with van der Waals surface area (Å²) in [7, 11) is 1.93. The van der Waals surface area contributed by atoms with E-state index in [2.05, 4.69) is 10.3 Å². The Morgan fingerprint density at radius 1 is 1.29 bits per heavy atom. The quantitative estimate of drug-likeness (QED) is 0.773. The Bertz CT molecular complexity index is 876. The number of fused-ring (bicyclic) bond motifs is 1. The fourth-order valence-corrected chi connectivity index (χ4v) is 2.64. The number of carbonyl (C=O) groups is 1. The third-order valence-corrected chi connectivity index (χ3v) is 4.01. The molecule has 1 N–H and O–H groups in total. The minimum Gasteiger partial charge on any atom is -0.481 e. The largest absolute Gasteiger partial charge is 0.481 e. The number of nitrogens with one attached hydrogen (secondary N) is 1. The van der Waals surface area contributed by atoms with Gasteiger partial charge in [0.25, 0.3) is 5.91 Å². The van der Waals surface area contributed by atoms with Crippen molar-refractivity contribution in [3.05, 3.63) is 59.4 Å². The van der Waals surface area contributed by atoms with E-state index in [4.69, 9.17) is 16.3 Å². The summed E-state index contributed by atoms with van der Waals surface area (Å²) in [5.74, 6) is 1.15. The summed E-state index contributed by atoms with van der Waals surface area (Å²) in [4.78, 5) is 16.8. The highest BCUT2D eigenvalue weighted by atomic mass is 35.5. The molecule has 1 heterocycles. The number of ether oxygens (including phenoxy) is 1. The number of rotatable bonds is 5. The van der Waals surface area contributed by atoms with Gasteiger partial charge < -0.3 is 14.6 Å². The number of para-hydroxylation sites is 2. The Kier molecular flexibility index (Phi) is 4.71. The summed E-state index contributed by atoms with van der Waals surface area (Å²) in [5, 5.41) is 3.42. The van der Waals surface area contributed by atoms with E-state index in [1.54, 1.807) is 31.2 Å². The molecular weight excluding hydrogens is 326 g/mol. The number of aromatic nitrogens is 2. The number of benzene rings is 2. The Morgan fingerprint density at radius 2 is 2.08 bits per heavy atom. The third-order valence-electron chi connectivity index (χ3n) is 3.78. The second-order valence-electron chi connectivity index (χ2n) is 5.51. The van der Waals surface area contributed by atoms with Crippen molar-refractivity contribution in [2.75, 3.05) is 0 Å². The summed E-state index contributed by atoms with van der Waals surface area (Å²) < 4.78 is 7.58. The third kappa shape index (κ3) is 3.51. The predicted octanol–water partition coefficient (Wildman–Crippen LogP) is 3.31. The lowest BCUT2D eigenvalue weighted by Crippen LogP contribution is -2.36. The number of nitrogens with zero attached hydrogens (tertiary/aromatic N) is 2. The highest BCUT2D eigenvalue weighted by Gasteiger charge is 2.16. The van der Waals surface area contributed by atoms with Crippen molar-refractivity contribution in [1.82, 2.24) is 14.9 Å². The molecule has 124 valence electrons. The number of carbonyl (C=O) groups excluding carboxylic acids is 1. The topological polar surface area (TPSA) is 56.1 Å². The van der Waals surface area contributed by atoms with E-state index in [-0.39, 0.29) is 5.91 Å². The Hall–Kier alpha value is -2.53. The summed E-state index contributed by atoms with van der Waals surface area (Å²) >= 11 is 5.91. The van der Waals surface area contributed by atoms with Crippen molar-refractivity contribution in [1.29, 1.82) is 0 Å². The molecule has 3 aromatic rings. The zero-order chi connectivity index (χ0) is 17.1. The van der Waals surface area contributed by atoms with Gasteiger partial charge in [-0.3, -0.25) is 4.79 Å². The minimum absolute atomic E-state index is 0.206. The molecule has 1 aromatic heterocycles. The van der Waals surface area contributed by atoms with Crippen LogP contribution in [0.25, 0.3) is 11.0 Å². The molecule has 2 aromatic carbocycles. The first-order chi connectivity index (χ1) is 11.5. The molecule has 0 spiro atoms. The highest BCUT2D eigenvalue weighted by Crippen LogP contribution is 2.18. The molecule has 0 aliphatic rings. The lowest BCUT2D eigenvalue weighted by molar-refractivity contribution is -0.127. The average molecular weight is 344 g/mol. The highest BCUT2D eigenvalue weighted by molar-refractivity contribution is 6.30. The van der Waals surface area contributed by atoms with Crippen LogP contribution in [0.2, 0.25) is 5.02 Å². The molecular formula is C18H18ClN3O2. The molecule has 0 fully saturated rings. The van der Waals surface area contributed by atoms with Gasteiger partial charge in [-0.05, 0) is 37.3 Å². The molecule has 6 heteroatoms. The monoisotopic (exact) mass is 343 g/mol. The van der Waals surface area contributed by atoms with E-state index in [1.165, 1.54) is 0 Å². The predicted molar refractivity (Wildman–Crippen MR) is 94.1 cm³/mol. The SMILES string of the molecule is CC(Oc1cccc(Cl)c1)C(=O)NCc1nc2ccccc2n1C. The van der Waals surface area contributed by atoms with Crippen molar-refractivity contribution in [2.24, 2.45) is 7.05 Å². The first kappa shape index (κ1) is 16.3. The molecule has 0 aliphatic carbocycles. The number of amides is 1. The molecule has 1 atom stereocenters. The van der Waals surface area contributed by atoms with Crippen LogP contribution < -0.4 is 10.1 Å². The van der Waals surface area contributed by atoms with Gasteiger partial charge in [-0.25, -0.2) is 4.98 Å². The van der Waals surface area contributed by atoms with Gasteiger partial charge in [-0.15, -0.1) is 0 Å². The van der Waals surface area contributed by atoms with Gasteiger partial charge in [0.1, 0.15) is 11.6 Å². The zero-order valence-corrected chi connectivity index (χ0v) is 14.2. The Labute approximate surface area is 145 Å². The summed E-state index contributed by atoms with van der Waals surface area (Å²) in [6.45, 7) is 2.04. The first-order valence-corrected chi connectivity index (χ1v) is 8.02. The van der Waals surface area contributed by atoms with Gasteiger partial charge in [0, 0.05) is 12.1 Å². The number of hydrogen-bond acceptors (Lipinski definition) is 3. The van der Waals surface area contributed by atoms with Crippen molar-refractivity contribution < 1.29 is 9.53 Å². The zero-order valence-electron chi connectivity index (χ0n) is 13.5.